The average molecular weight is 201 g/mol. The molecule has 0 aromatic carbocycles. The number of amides is 1. The van der Waals surface area contributed by atoms with Crippen LogP contribution in [0.5, 0.6) is 0 Å². The van der Waals surface area contributed by atoms with Crippen LogP contribution in [0, 0.1) is 0 Å². The minimum Gasteiger partial charge on any atom is -0.394 e. The number of piperidine rings is 1. The van der Waals surface area contributed by atoms with E-state index in [9.17, 15) is 4.79 Å². The van der Waals surface area contributed by atoms with Crippen molar-refractivity contribution < 1.29 is 9.90 Å². The van der Waals surface area contributed by atoms with Crippen LogP contribution in [-0.2, 0) is 4.79 Å². The Morgan fingerprint density at radius 1 is 1.43 bits per heavy atom. The van der Waals surface area contributed by atoms with Crippen LogP contribution in [0.25, 0.3) is 0 Å². The summed E-state index contributed by atoms with van der Waals surface area (Å²) in [5.41, 5.74) is 0. The van der Waals surface area contributed by atoms with E-state index < -0.39 is 0 Å². The molecule has 1 unspecified atom stereocenters. The number of aliphatic hydroxyl groups is 1. The van der Waals surface area contributed by atoms with Crippen molar-refractivity contribution in [2.45, 2.75) is 52.5 Å². The van der Waals surface area contributed by atoms with Crippen LogP contribution in [0.15, 0.2) is 0 Å². The molecule has 1 heterocycles. The highest BCUT2D eigenvalue weighted by Crippen LogP contribution is 2.17. The van der Waals surface area contributed by atoms with Gasteiger partial charge in [-0.3, -0.25) is 4.79 Å². The molecule has 1 fully saturated rings. The molecule has 0 radical (unpaired) electrons. The molecular weight excluding hydrogens is 178 g/mol. The number of carbonyl (C=O) groups is 1. The highest BCUT2D eigenvalue weighted by atomic mass is 16.3. The topological polar surface area (TPSA) is 40.5 Å². The standard InChI is InChI=1S/C9H17NO2.C2H6/c1-2-9(12)10-6-4-3-5-8(10)7-11;1-2/h8,11H,2-7H2,1H3;1-2H3. The number of aliphatic hydroxyl groups excluding tert-OH is 1. The second-order valence-electron chi connectivity index (χ2n) is 3.27. The quantitative estimate of drug-likeness (QED) is 0.740. The smallest absolute Gasteiger partial charge is 0.222 e. The van der Waals surface area contributed by atoms with Gasteiger partial charge >= 0.3 is 0 Å². The first-order valence-electron chi connectivity index (χ1n) is 5.70. The van der Waals surface area contributed by atoms with Crippen molar-refractivity contribution in [3.8, 4) is 0 Å². The molecule has 0 saturated carbocycles. The lowest BCUT2D eigenvalue weighted by Gasteiger charge is -2.34. The van der Waals surface area contributed by atoms with Gasteiger partial charge in [-0.15, -0.1) is 0 Å². The number of hydrogen-bond acceptors (Lipinski definition) is 2. The molecule has 1 atom stereocenters. The summed E-state index contributed by atoms with van der Waals surface area (Å²) in [6.07, 6.45) is 3.74. The molecule has 0 bridgehead atoms. The van der Waals surface area contributed by atoms with Gasteiger partial charge in [-0.2, -0.15) is 0 Å². The summed E-state index contributed by atoms with van der Waals surface area (Å²) < 4.78 is 0. The van der Waals surface area contributed by atoms with Gasteiger partial charge in [0.25, 0.3) is 0 Å². The molecule has 0 aliphatic carbocycles. The normalized spacial score (nSPS) is 21.1. The second kappa shape index (κ2) is 7.80. The van der Waals surface area contributed by atoms with E-state index in [2.05, 4.69) is 0 Å². The first-order chi connectivity index (χ1) is 6.79. The van der Waals surface area contributed by atoms with E-state index in [0.717, 1.165) is 25.8 Å². The van der Waals surface area contributed by atoms with Gasteiger partial charge in [0.05, 0.1) is 12.6 Å². The Kier molecular flexibility index (Phi) is 7.48. The first-order valence-corrected chi connectivity index (χ1v) is 5.70. The maximum Gasteiger partial charge on any atom is 0.222 e. The predicted molar refractivity (Wildman–Crippen MR) is 58.1 cm³/mol. The predicted octanol–water partition coefficient (Wildman–Crippen LogP) is 1.80. The molecule has 0 aromatic rings. The van der Waals surface area contributed by atoms with E-state index in [-0.39, 0.29) is 18.6 Å². The zero-order valence-electron chi connectivity index (χ0n) is 9.62. The zero-order chi connectivity index (χ0) is 11.0. The summed E-state index contributed by atoms with van der Waals surface area (Å²) in [5.74, 6) is 0.175. The molecule has 3 heteroatoms. The summed E-state index contributed by atoms with van der Waals surface area (Å²) >= 11 is 0. The van der Waals surface area contributed by atoms with E-state index in [1.807, 2.05) is 25.7 Å². The molecular formula is C11H23NO2. The van der Waals surface area contributed by atoms with Crippen LogP contribution in [0.3, 0.4) is 0 Å². The molecule has 0 aromatic heterocycles. The fraction of sp³-hybridized carbons (Fsp3) is 0.909. The van der Waals surface area contributed by atoms with Gasteiger partial charge in [0, 0.05) is 13.0 Å². The summed E-state index contributed by atoms with van der Waals surface area (Å²) in [5, 5.41) is 9.01. The average Bonchev–Trinajstić information content (AvgIpc) is 2.30. The molecule has 14 heavy (non-hydrogen) atoms. The van der Waals surface area contributed by atoms with E-state index >= 15 is 0 Å². The van der Waals surface area contributed by atoms with Crippen molar-refractivity contribution in [2.24, 2.45) is 0 Å². The first kappa shape index (κ1) is 13.4. The van der Waals surface area contributed by atoms with Crippen molar-refractivity contribution in [1.29, 1.82) is 0 Å². The summed E-state index contributed by atoms with van der Waals surface area (Å²) in [4.78, 5) is 13.2. The summed E-state index contributed by atoms with van der Waals surface area (Å²) in [7, 11) is 0. The lowest BCUT2D eigenvalue weighted by molar-refractivity contribution is -0.135. The summed E-state index contributed by atoms with van der Waals surface area (Å²) in [6, 6.07) is 0.0891. The number of rotatable bonds is 2. The molecule has 84 valence electrons. The Morgan fingerprint density at radius 2 is 2.07 bits per heavy atom. The SMILES string of the molecule is CC.CCC(=O)N1CCCCC1CO. The molecule has 3 nitrogen and oxygen atoms in total. The van der Waals surface area contributed by atoms with E-state index in [4.69, 9.17) is 5.11 Å². The third-order valence-electron chi connectivity index (χ3n) is 2.46. The van der Waals surface area contributed by atoms with Gasteiger partial charge in [0.15, 0.2) is 0 Å². The van der Waals surface area contributed by atoms with Gasteiger partial charge in [0.2, 0.25) is 5.91 Å². The van der Waals surface area contributed by atoms with Crippen molar-refractivity contribution in [2.75, 3.05) is 13.2 Å². The van der Waals surface area contributed by atoms with E-state index in [0.29, 0.717) is 6.42 Å². The summed E-state index contributed by atoms with van der Waals surface area (Å²) in [6.45, 7) is 6.81. The minimum absolute atomic E-state index is 0.0891. The molecule has 1 N–H and O–H groups in total. The largest absolute Gasteiger partial charge is 0.394 e. The monoisotopic (exact) mass is 201 g/mol. The zero-order valence-corrected chi connectivity index (χ0v) is 9.62. The molecule has 1 rings (SSSR count). The maximum absolute atomic E-state index is 11.4. The van der Waals surface area contributed by atoms with Crippen LogP contribution >= 0.6 is 0 Å². The van der Waals surface area contributed by atoms with Gasteiger partial charge in [-0.25, -0.2) is 0 Å². The number of carbonyl (C=O) groups excluding carboxylic acids is 1. The highest BCUT2D eigenvalue weighted by Gasteiger charge is 2.24. The Hall–Kier alpha value is -0.570. The Labute approximate surface area is 87.1 Å². The van der Waals surface area contributed by atoms with Gasteiger partial charge in [0.1, 0.15) is 0 Å². The fourth-order valence-corrected chi connectivity index (χ4v) is 1.72. The highest BCUT2D eigenvalue weighted by molar-refractivity contribution is 5.76. The van der Waals surface area contributed by atoms with Crippen molar-refractivity contribution in [1.82, 2.24) is 4.90 Å². The van der Waals surface area contributed by atoms with E-state index in [1.54, 1.807) is 0 Å². The number of hydrogen-bond donors (Lipinski definition) is 1. The third kappa shape index (κ3) is 3.66. The van der Waals surface area contributed by atoms with Crippen molar-refractivity contribution >= 4 is 5.91 Å². The maximum atomic E-state index is 11.4. The van der Waals surface area contributed by atoms with Crippen LogP contribution in [0.1, 0.15) is 46.5 Å². The lowest BCUT2D eigenvalue weighted by Crippen LogP contribution is -2.45. The van der Waals surface area contributed by atoms with Crippen LogP contribution in [0.4, 0.5) is 0 Å². The Morgan fingerprint density at radius 3 is 2.57 bits per heavy atom. The molecule has 1 aliphatic heterocycles. The minimum atomic E-state index is 0.0891. The number of nitrogens with zero attached hydrogens (tertiary/aromatic N) is 1. The van der Waals surface area contributed by atoms with Crippen LogP contribution < -0.4 is 0 Å². The third-order valence-corrected chi connectivity index (χ3v) is 2.46. The van der Waals surface area contributed by atoms with Crippen molar-refractivity contribution in [3.05, 3.63) is 0 Å². The van der Waals surface area contributed by atoms with Crippen molar-refractivity contribution in [3.63, 3.8) is 0 Å². The lowest BCUT2D eigenvalue weighted by atomic mass is 10.0. The second-order valence-corrected chi connectivity index (χ2v) is 3.27. The van der Waals surface area contributed by atoms with Crippen LogP contribution in [-0.4, -0.2) is 35.1 Å². The Balaban J connectivity index is 0.000000791. The molecule has 1 saturated heterocycles. The molecule has 1 amide bonds. The fourth-order valence-electron chi connectivity index (χ4n) is 1.72. The van der Waals surface area contributed by atoms with Crippen LogP contribution in [0.2, 0.25) is 0 Å². The molecule has 1 aliphatic rings. The van der Waals surface area contributed by atoms with Gasteiger partial charge < -0.3 is 10.0 Å². The number of likely N-dealkylation sites (tertiary alicyclic amines) is 1. The van der Waals surface area contributed by atoms with Gasteiger partial charge in [-0.05, 0) is 19.3 Å². The Bertz CT molecular complexity index is 159. The molecule has 0 spiro atoms. The van der Waals surface area contributed by atoms with Gasteiger partial charge in [-0.1, -0.05) is 20.8 Å². The van der Waals surface area contributed by atoms with E-state index in [1.165, 1.54) is 0 Å².